The minimum atomic E-state index is 0.592. The molecule has 5 nitrogen and oxygen atoms in total. The molecular weight excluding hydrogens is 290 g/mol. The molecule has 0 amide bonds. The van der Waals surface area contributed by atoms with Gasteiger partial charge in [0.05, 0.1) is 20.3 Å². The van der Waals surface area contributed by atoms with Gasteiger partial charge in [-0.1, -0.05) is 24.3 Å². The fourth-order valence-electron chi connectivity index (χ4n) is 2.58. The monoisotopic (exact) mass is 309 g/mol. The molecule has 0 radical (unpaired) electrons. The van der Waals surface area contributed by atoms with E-state index in [-0.39, 0.29) is 0 Å². The van der Waals surface area contributed by atoms with E-state index in [0.717, 1.165) is 28.0 Å². The third-order valence-corrected chi connectivity index (χ3v) is 3.62. The summed E-state index contributed by atoms with van der Waals surface area (Å²) in [6.07, 6.45) is 3.25. The van der Waals surface area contributed by atoms with Gasteiger partial charge in [0, 0.05) is 12.7 Å². The molecule has 5 heteroatoms. The molecule has 118 valence electrons. The van der Waals surface area contributed by atoms with Crippen LogP contribution >= 0.6 is 0 Å². The van der Waals surface area contributed by atoms with Crippen molar-refractivity contribution >= 4 is 0 Å². The Bertz CT molecular complexity index is 770. The Kier molecular flexibility index (Phi) is 4.68. The van der Waals surface area contributed by atoms with Crippen LogP contribution in [0, 0.1) is 0 Å². The van der Waals surface area contributed by atoms with E-state index >= 15 is 0 Å². The van der Waals surface area contributed by atoms with Crippen LogP contribution in [-0.2, 0) is 17.9 Å². The topological polar surface area (TPSA) is 49.2 Å². The molecule has 0 aliphatic rings. The van der Waals surface area contributed by atoms with Gasteiger partial charge in [0.1, 0.15) is 18.4 Å². The molecule has 23 heavy (non-hydrogen) atoms. The first-order chi connectivity index (χ1) is 11.3. The Hall–Kier alpha value is -2.66. The zero-order chi connectivity index (χ0) is 16.1. The molecule has 1 aromatic heterocycles. The van der Waals surface area contributed by atoms with Crippen LogP contribution in [0.25, 0.3) is 11.1 Å². The van der Waals surface area contributed by atoms with E-state index in [1.807, 2.05) is 18.2 Å². The minimum Gasteiger partial charge on any atom is -0.496 e. The van der Waals surface area contributed by atoms with Gasteiger partial charge in [-0.2, -0.15) is 5.10 Å². The third kappa shape index (κ3) is 3.57. The quantitative estimate of drug-likeness (QED) is 0.702. The zero-order valence-electron chi connectivity index (χ0n) is 13.3. The summed E-state index contributed by atoms with van der Waals surface area (Å²) in [4.78, 5) is 3.98. The Balaban J connectivity index is 1.97. The number of nitrogens with zero attached hydrogens (tertiary/aromatic N) is 3. The molecule has 3 aromatic rings. The summed E-state index contributed by atoms with van der Waals surface area (Å²) in [7, 11) is 3.39. The van der Waals surface area contributed by atoms with Crippen LogP contribution in [0.3, 0.4) is 0 Å². The standard InChI is InChI=1S/C18H19N3O2/c1-22-11-15-4-3-5-16(8-15)17-9-14(6-7-18(17)23-2)10-21-13-19-12-20-21/h3-9,12-13H,10-11H2,1-2H3. The molecule has 1 heterocycles. The van der Waals surface area contributed by atoms with Crippen molar-refractivity contribution in [3.63, 3.8) is 0 Å². The molecule has 0 bridgehead atoms. The first-order valence-electron chi connectivity index (χ1n) is 7.37. The van der Waals surface area contributed by atoms with Crippen LogP contribution in [0.5, 0.6) is 5.75 Å². The highest BCUT2D eigenvalue weighted by atomic mass is 16.5. The van der Waals surface area contributed by atoms with Gasteiger partial charge in [-0.3, -0.25) is 0 Å². The van der Waals surface area contributed by atoms with Crippen LogP contribution in [0.4, 0.5) is 0 Å². The molecular formula is C18H19N3O2. The fraction of sp³-hybridized carbons (Fsp3) is 0.222. The number of benzene rings is 2. The maximum absolute atomic E-state index is 5.52. The van der Waals surface area contributed by atoms with Gasteiger partial charge in [0.15, 0.2) is 0 Å². The largest absolute Gasteiger partial charge is 0.496 e. The normalized spacial score (nSPS) is 10.7. The number of hydrogen-bond acceptors (Lipinski definition) is 4. The van der Waals surface area contributed by atoms with Crippen molar-refractivity contribution in [3.8, 4) is 16.9 Å². The molecule has 0 aliphatic carbocycles. The van der Waals surface area contributed by atoms with Crippen LogP contribution in [0.2, 0.25) is 0 Å². The highest BCUT2D eigenvalue weighted by molar-refractivity contribution is 5.71. The minimum absolute atomic E-state index is 0.592. The SMILES string of the molecule is COCc1cccc(-c2cc(Cn3cncn3)ccc2OC)c1. The van der Waals surface area contributed by atoms with Crippen molar-refractivity contribution in [2.24, 2.45) is 0 Å². The lowest BCUT2D eigenvalue weighted by atomic mass is 10.00. The van der Waals surface area contributed by atoms with Crippen molar-refractivity contribution in [2.45, 2.75) is 13.2 Å². The van der Waals surface area contributed by atoms with Crippen LogP contribution < -0.4 is 4.74 Å². The van der Waals surface area contributed by atoms with E-state index in [1.54, 1.807) is 31.6 Å². The zero-order valence-corrected chi connectivity index (χ0v) is 13.3. The Morgan fingerprint density at radius 1 is 1.04 bits per heavy atom. The van der Waals surface area contributed by atoms with Crippen molar-refractivity contribution in [2.75, 3.05) is 14.2 Å². The molecule has 0 N–H and O–H groups in total. The van der Waals surface area contributed by atoms with Crippen LogP contribution in [0.1, 0.15) is 11.1 Å². The lowest BCUT2D eigenvalue weighted by Crippen LogP contribution is -2.01. The average Bonchev–Trinajstić information content (AvgIpc) is 3.08. The van der Waals surface area contributed by atoms with Crippen LogP contribution in [0.15, 0.2) is 55.1 Å². The van der Waals surface area contributed by atoms with Gasteiger partial charge in [-0.05, 0) is 34.9 Å². The molecule has 3 rings (SSSR count). The summed E-state index contributed by atoms with van der Waals surface area (Å²) < 4.78 is 12.5. The Morgan fingerprint density at radius 3 is 2.70 bits per heavy atom. The summed E-state index contributed by atoms with van der Waals surface area (Å²) in [6.45, 7) is 1.27. The van der Waals surface area contributed by atoms with Crippen molar-refractivity contribution in [3.05, 3.63) is 66.2 Å². The Labute approximate surface area is 135 Å². The maximum atomic E-state index is 5.52. The second kappa shape index (κ2) is 7.07. The van der Waals surface area contributed by atoms with Crippen LogP contribution in [-0.4, -0.2) is 29.0 Å². The van der Waals surface area contributed by atoms with E-state index in [9.17, 15) is 0 Å². The average molecular weight is 309 g/mol. The highest BCUT2D eigenvalue weighted by Gasteiger charge is 2.08. The molecule has 0 saturated carbocycles. The summed E-state index contributed by atoms with van der Waals surface area (Å²) >= 11 is 0. The second-order valence-electron chi connectivity index (χ2n) is 5.26. The van der Waals surface area contributed by atoms with E-state index in [1.165, 1.54) is 0 Å². The maximum Gasteiger partial charge on any atom is 0.137 e. The molecule has 0 unspecified atom stereocenters. The number of hydrogen-bond donors (Lipinski definition) is 0. The second-order valence-corrected chi connectivity index (χ2v) is 5.26. The molecule has 0 fully saturated rings. The molecule has 2 aromatic carbocycles. The first-order valence-corrected chi connectivity index (χ1v) is 7.37. The van der Waals surface area contributed by atoms with Gasteiger partial charge in [0.2, 0.25) is 0 Å². The van der Waals surface area contributed by atoms with Gasteiger partial charge >= 0.3 is 0 Å². The van der Waals surface area contributed by atoms with Gasteiger partial charge in [-0.15, -0.1) is 0 Å². The molecule has 0 saturated heterocycles. The van der Waals surface area contributed by atoms with E-state index < -0.39 is 0 Å². The predicted octanol–water partition coefficient (Wildman–Crippen LogP) is 3.15. The van der Waals surface area contributed by atoms with Gasteiger partial charge in [0.25, 0.3) is 0 Å². The van der Waals surface area contributed by atoms with Crippen molar-refractivity contribution in [1.29, 1.82) is 0 Å². The third-order valence-electron chi connectivity index (χ3n) is 3.62. The molecule has 0 aliphatic heterocycles. The number of rotatable bonds is 6. The lowest BCUT2D eigenvalue weighted by Gasteiger charge is -2.12. The van der Waals surface area contributed by atoms with E-state index in [0.29, 0.717) is 13.2 Å². The van der Waals surface area contributed by atoms with E-state index in [4.69, 9.17) is 9.47 Å². The lowest BCUT2D eigenvalue weighted by molar-refractivity contribution is 0.185. The summed E-state index contributed by atoms with van der Waals surface area (Å²) in [6, 6.07) is 14.5. The predicted molar refractivity (Wildman–Crippen MR) is 88.3 cm³/mol. The first kappa shape index (κ1) is 15.2. The fourth-order valence-corrected chi connectivity index (χ4v) is 2.58. The van der Waals surface area contributed by atoms with Crippen molar-refractivity contribution < 1.29 is 9.47 Å². The number of methoxy groups -OCH3 is 2. The highest BCUT2D eigenvalue weighted by Crippen LogP contribution is 2.31. The summed E-state index contributed by atoms with van der Waals surface area (Å²) in [5.74, 6) is 0.849. The number of aromatic nitrogens is 3. The molecule has 0 atom stereocenters. The van der Waals surface area contributed by atoms with Gasteiger partial charge in [-0.25, -0.2) is 9.67 Å². The summed E-state index contributed by atoms with van der Waals surface area (Å²) in [5.41, 5.74) is 4.44. The molecule has 0 spiro atoms. The van der Waals surface area contributed by atoms with Gasteiger partial charge < -0.3 is 9.47 Å². The Morgan fingerprint density at radius 2 is 1.96 bits per heavy atom. The number of ether oxygens (including phenoxy) is 2. The van der Waals surface area contributed by atoms with E-state index in [2.05, 4.69) is 34.3 Å². The summed E-state index contributed by atoms with van der Waals surface area (Å²) in [5, 5.41) is 4.15. The van der Waals surface area contributed by atoms with Crippen molar-refractivity contribution in [1.82, 2.24) is 14.8 Å². The smallest absolute Gasteiger partial charge is 0.137 e.